The van der Waals surface area contributed by atoms with Crippen LogP contribution in [0.3, 0.4) is 0 Å². The SMILES string of the molecule is CC(=O)NC1(C)CCN(CC(C)(C)C)CC1. The minimum atomic E-state index is 0.0141. The highest BCUT2D eigenvalue weighted by Gasteiger charge is 2.31. The molecule has 1 N–H and O–H groups in total. The number of likely N-dealkylation sites (tertiary alicyclic amines) is 1. The molecule has 1 aliphatic rings. The van der Waals surface area contributed by atoms with Crippen LogP contribution >= 0.6 is 0 Å². The Labute approximate surface area is 99.6 Å². The van der Waals surface area contributed by atoms with Crippen molar-refractivity contribution in [1.29, 1.82) is 0 Å². The Hall–Kier alpha value is -0.570. The summed E-state index contributed by atoms with van der Waals surface area (Å²) in [5.41, 5.74) is 0.377. The number of rotatable bonds is 2. The van der Waals surface area contributed by atoms with E-state index in [4.69, 9.17) is 0 Å². The van der Waals surface area contributed by atoms with Crippen LogP contribution in [0, 0.1) is 5.41 Å². The van der Waals surface area contributed by atoms with Crippen molar-refractivity contribution in [3.63, 3.8) is 0 Å². The molecule has 3 nitrogen and oxygen atoms in total. The van der Waals surface area contributed by atoms with Crippen LogP contribution in [0.25, 0.3) is 0 Å². The van der Waals surface area contributed by atoms with Crippen LogP contribution in [0.2, 0.25) is 0 Å². The zero-order valence-electron chi connectivity index (χ0n) is 11.4. The normalized spacial score (nSPS) is 21.8. The zero-order valence-corrected chi connectivity index (χ0v) is 11.4. The molecule has 1 saturated heterocycles. The van der Waals surface area contributed by atoms with Gasteiger partial charge < -0.3 is 10.2 Å². The number of hydrogen-bond acceptors (Lipinski definition) is 2. The topological polar surface area (TPSA) is 32.3 Å². The van der Waals surface area contributed by atoms with Gasteiger partial charge in [-0.25, -0.2) is 0 Å². The second kappa shape index (κ2) is 4.74. The highest BCUT2D eigenvalue weighted by Crippen LogP contribution is 2.24. The fourth-order valence-corrected chi connectivity index (χ4v) is 2.43. The number of carbonyl (C=O) groups excluding carboxylic acids is 1. The van der Waals surface area contributed by atoms with Crippen LogP contribution in [0.5, 0.6) is 0 Å². The molecule has 0 spiro atoms. The van der Waals surface area contributed by atoms with E-state index in [9.17, 15) is 4.79 Å². The molecule has 0 aromatic heterocycles. The molecule has 0 radical (unpaired) electrons. The van der Waals surface area contributed by atoms with Gasteiger partial charge in [0.1, 0.15) is 0 Å². The molecule has 94 valence electrons. The van der Waals surface area contributed by atoms with Crippen molar-refractivity contribution in [1.82, 2.24) is 10.2 Å². The fourth-order valence-electron chi connectivity index (χ4n) is 2.43. The molecule has 0 aliphatic carbocycles. The van der Waals surface area contributed by atoms with Crippen LogP contribution in [0.4, 0.5) is 0 Å². The molecular weight excluding hydrogens is 200 g/mol. The lowest BCUT2D eigenvalue weighted by molar-refractivity contribution is -0.121. The van der Waals surface area contributed by atoms with Gasteiger partial charge in [0.25, 0.3) is 0 Å². The summed E-state index contributed by atoms with van der Waals surface area (Å²) in [5, 5.41) is 3.08. The van der Waals surface area contributed by atoms with Crippen LogP contribution < -0.4 is 5.32 Å². The molecule has 0 saturated carbocycles. The molecule has 1 heterocycles. The van der Waals surface area contributed by atoms with Gasteiger partial charge in [0, 0.05) is 32.1 Å². The Bertz CT molecular complexity index is 247. The summed E-state index contributed by atoms with van der Waals surface area (Å²) in [6, 6.07) is 0. The van der Waals surface area contributed by atoms with E-state index in [0.29, 0.717) is 5.41 Å². The number of carbonyl (C=O) groups is 1. The second-order valence-electron chi connectivity index (χ2n) is 6.58. The van der Waals surface area contributed by atoms with Crippen molar-refractivity contribution >= 4 is 5.91 Å². The lowest BCUT2D eigenvalue weighted by Crippen LogP contribution is -2.53. The van der Waals surface area contributed by atoms with Gasteiger partial charge >= 0.3 is 0 Å². The highest BCUT2D eigenvalue weighted by molar-refractivity contribution is 5.73. The molecule has 1 rings (SSSR count). The highest BCUT2D eigenvalue weighted by atomic mass is 16.1. The van der Waals surface area contributed by atoms with E-state index in [1.807, 2.05) is 0 Å². The lowest BCUT2D eigenvalue weighted by atomic mass is 9.87. The van der Waals surface area contributed by atoms with E-state index in [0.717, 1.165) is 32.5 Å². The number of nitrogens with zero attached hydrogens (tertiary/aromatic N) is 1. The fraction of sp³-hybridized carbons (Fsp3) is 0.923. The zero-order chi connectivity index (χ0) is 12.4. The number of piperidine rings is 1. The molecule has 3 heteroatoms. The van der Waals surface area contributed by atoms with E-state index < -0.39 is 0 Å². The van der Waals surface area contributed by atoms with Crippen LogP contribution in [0.1, 0.15) is 47.5 Å². The summed E-state index contributed by atoms with van der Waals surface area (Å²) < 4.78 is 0. The maximum Gasteiger partial charge on any atom is 0.217 e. The number of amides is 1. The Morgan fingerprint density at radius 1 is 1.31 bits per heavy atom. The predicted molar refractivity (Wildman–Crippen MR) is 67.4 cm³/mol. The van der Waals surface area contributed by atoms with Gasteiger partial charge in [0.2, 0.25) is 5.91 Å². The van der Waals surface area contributed by atoms with Gasteiger partial charge in [-0.3, -0.25) is 4.79 Å². The van der Waals surface area contributed by atoms with Gasteiger partial charge in [-0.1, -0.05) is 20.8 Å². The van der Waals surface area contributed by atoms with Crippen molar-refractivity contribution in [2.75, 3.05) is 19.6 Å². The molecule has 0 bridgehead atoms. The maximum absolute atomic E-state index is 11.1. The molecule has 0 unspecified atom stereocenters. The molecule has 1 amide bonds. The second-order valence-corrected chi connectivity index (χ2v) is 6.58. The summed E-state index contributed by atoms with van der Waals surface area (Å²) in [6.07, 6.45) is 2.12. The van der Waals surface area contributed by atoms with E-state index >= 15 is 0 Å². The van der Waals surface area contributed by atoms with Gasteiger partial charge in [0.15, 0.2) is 0 Å². The van der Waals surface area contributed by atoms with Crippen molar-refractivity contribution in [3.8, 4) is 0 Å². The summed E-state index contributed by atoms with van der Waals surface area (Å²) in [5.74, 6) is 0.0896. The first-order chi connectivity index (χ1) is 7.20. The van der Waals surface area contributed by atoms with E-state index in [-0.39, 0.29) is 11.4 Å². The van der Waals surface area contributed by atoms with E-state index in [1.54, 1.807) is 6.92 Å². The molecule has 0 atom stereocenters. The van der Waals surface area contributed by atoms with Crippen LogP contribution in [-0.2, 0) is 4.79 Å². The lowest BCUT2D eigenvalue weighted by Gasteiger charge is -2.41. The third-order valence-electron chi connectivity index (χ3n) is 3.14. The molecule has 1 aliphatic heterocycles. The molecule has 0 aromatic rings. The van der Waals surface area contributed by atoms with E-state index in [2.05, 4.69) is 37.9 Å². The first-order valence-electron chi connectivity index (χ1n) is 6.21. The first-order valence-corrected chi connectivity index (χ1v) is 6.21. The van der Waals surface area contributed by atoms with Crippen molar-refractivity contribution in [2.45, 2.75) is 53.0 Å². The Morgan fingerprint density at radius 3 is 2.19 bits per heavy atom. The summed E-state index contributed by atoms with van der Waals surface area (Å²) >= 11 is 0. The molecule has 0 aromatic carbocycles. The molecule has 1 fully saturated rings. The number of nitrogens with one attached hydrogen (secondary N) is 1. The van der Waals surface area contributed by atoms with E-state index in [1.165, 1.54) is 0 Å². The average molecular weight is 226 g/mol. The van der Waals surface area contributed by atoms with Gasteiger partial charge in [-0.2, -0.15) is 0 Å². The summed E-state index contributed by atoms with van der Waals surface area (Å²) in [4.78, 5) is 13.6. The molecule has 16 heavy (non-hydrogen) atoms. The smallest absolute Gasteiger partial charge is 0.217 e. The maximum atomic E-state index is 11.1. The van der Waals surface area contributed by atoms with Gasteiger partial charge in [0.05, 0.1) is 0 Å². The van der Waals surface area contributed by atoms with Crippen molar-refractivity contribution in [2.24, 2.45) is 5.41 Å². The Kier molecular flexibility index (Phi) is 4.00. The Morgan fingerprint density at radius 2 is 1.81 bits per heavy atom. The largest absolute Gasteiger partial charge is 0.351 e. The third-order valence-corrected chi connectivity index (χ3v) is 3.14. The monoisotopic (exact) mass is 226 g/mol. The predicted octanol–water partition coefficient (Wildman–Crippen LogP) is 2.02. The van der Waals surface area contributed by atoms with Crippen LogP contribution in [0.15, 0.2) is 0 Å². The molecular formula is C13H26N2O. The first kappa shape index (κ1) is 13.5. The van der Waals surface area contributed by atoms with Crippen molar-refractivity contribution in [3.05, 3.63) is 0 Å². The standard InChI is InChI=1S/C13H26N2O/c1-11(16)14-13(5)6-8-15(9-7-13)10-12(2,3)4/h6-10H2,1-5H3,(H,14,16). The van der Waals surface area contributed by atoms with Gasteiger partial charge in [-0.15, -0.1) is 0 Å². The van der Waals surface area contributed by atoms with Gasteiger partial charge in [-0.05, 0) is 25.2 Å². The minimum absolute atomic E-state index is 0.0141. The number of hydrogen-bond donors (Lipinski definition) is 1. The van der Waals surface area contributed by atoms with Crippen LogP contribution in [-0.4, -0.2) is 36.0 Å². The van der Waals surface area contributed by atoms with Crippen molar-refractivity contribution < 1.29 is 4.79 Å². The quantitative estimate of drug-likeness (QED) is 0.781. The summed E-state index contributed by atoms with van der Waals surface area (Å²) in [7, 11) is 0. The third kappa shape index (κ3) is 4.52. The summed E-state index contributed by atoms with van der Waals surface area (Å²) in [6.45, 7) is 13.9. The average Bonchev–Trinajstić information content (AvgIpc) is 2.05. The Balaban J connectivity index is 2.41. The minimum Gasteiger partial charge on any atom is -0.351 e.